The average molecular weight is 441 g/mol. The van der Waals surface area contributed by atoms with Gasteiger partial charge in [-0.2, -0.15) is 4.98 Å². The number of nitrogens with zero attached hydrogens (tertiary/aromatic N) is 6. The Morgan fingerprint density at radius 2 is 1.75 bits per heavy atom. The van der Waals surface area contributed by atoms with E-state index in [1.807, 2.05) is 66.9 Å². The predicted octanol–water partition coefficient (Wildman–Crippen LogP) is 4.45. The molecule has 0 N–H and O–H groups in total. The maximum atomic E-state index is 13.5. The highest BCUT2D eigenvalue weighted by molar-refractivity contribution is 7.14. The lowest BCUT2D eigenvalue weighted by molar-refractivity contribution is 0.0977. The number of amides is 1. The van der Waals surface area contributed by atoms with E-state index in [-0.39, 0.29) is 11.7 Å². The lowest BCUT2D eigenvalue weighted by Crippen LogP contribution is -2.33. The largest absolute Gasteiger partial charge is 0.299 e. The molecule has 0 unspecified atom stereocenters. The van der Waals surface area contributed by atoms with E-state index in [2.05, 4.69) is 27.2 Å². The summed E-state index contributed by atoms with van der Waals surface area (Å²) >= 11 is 1.44. The number of fused-ring (bicyclic) bond motifs is 1. The molecule has 0 radical (unpaired) electrons. The van der Waals surface area contributed by atoms with Gasteiger partial charge in [-0.25, -0.2) is 14.5 Å². The van der Waals surface area contributed by atoms with Gasteiger partial charge in [0.2, 0.25) is 5.82 Å². The molecule has 5 aromatic rings. The fraction of sp³-hybridized carbons (Fsp3) is 0.125. The first-order valence-electron chi connectivity index (χ1n) is 10.2. The van der Waals surface area contributed by atoms with Crippen molar-refractivity contribution in [2.75, 3.05) is 11.4 Å². The minimum Gasteiger partial charge on any atom is -0.281 e. The molecule has 0 atom stereocenters. The molecule has 0 aliphatic carbocycles. The summed E-state index contributed by atoms with van der Waals surface area (Å²) in [5.41, 5.74) is 3.85. The summed E-state index contributed by atoms with van der Waals surface area (Å²) in [4.78, 5) is 28.5. The third-order valence-corrected chi connectivity index (χ3v) is 5.99. The Bertz CT molecular complexity index is 1360. The average Bonchev–Trinajstić information content (AvgIpc) is 3.49. The Hall–Kier alpha value is -3.91. The highest BCUT2D eigenvalue weighted by Crippen LogP contribution is 2.28. The maximum absolute atomic E-state index is 13.5. The highest BCUT2D eigenvalue weighted by Gasteiger charge is 2.25. The van der Waals surface area contributed by atoms with Crippen LogP contribution >= 0.6 is 11.3 Å². The van der Waals surface area contributed by atoms with Crippen LogP contribution in [-0.2, 0) is 6.42 Å². The third kappa shape index (κ3) is 4.00. The lowest BCUT2D eigenvalue weighted by atomic mass is 10.1. The van der Waals surface area contributed by atoms with Crippen LogP contribution in [0.25, 0.3) is 17.0 Å². The molecule has 158 valence electrons. The second-order valence-electron chi connectivity index (χ2n) is 7.31. The minimum atomic E-state index is -0.292. The van der Waals surface area contributed by atoms with E-state index in [9.17, 15) is 4.79 Å². The zero-order chi connectivity index (χ0) is 21.9. The molecule has 3 heterocycles. The molecule has 8 heteroatoms. The Morgan fingerprint density at radius 1 is 1.00 bits per heavy atom. The molecule has 5 rings (SSSR count). The summed E-state index contributed by atoms with van der Waals surface area (Å²) in [7, 11) is 0. The summed E-state index contributed by atoms with van der Waals surface area (Å²) in [6.45, 7) is 2.37. The number of aryl methyl sites for hydroxylation is 1. The SMILES string of the molecule is Cc1ccnc2nc(C(=O)N(CCc3ccccc3)c3nc(-c4ccccc4)cs3)nn12. The van der Waals surface area contributed by atoms with Crippen LogP contribution in [0.3, 0.4) is 0 Å². The van der Waals surface area contributed by atoms with Crippen LogP contribution in [-0.4, -0.2) is 37.0 Å². The van der Waals surface area contributed by atoms with Gasteiger partial charge in [0.1, 0.15) is 0 Å². The van der Waals surface area contributed by atoms with Crippen molar-refractivity contribution in [2.24, 2.45) is 0 Å². The van der Waals surface area contributed by atoms with Crippen molar-refractivity contribution in [2.45, 2.75) is 13.3 Å². The summed E-state index contributed by atoms with van der Waals surface area (Å²) in [5, 5.41) is 6.99. The van der Waals surface area contributed by atoms with Crippen LogP contribution in [0.4, 0.5) is 5.13 Å². The smallest absolute Gasteiger partial charge is 0.281 e. The van der Waals surface area contributed by atoms with Gasteiger partial charge in [0, 0.05) is 29.4 Å². The molecule has 0 aliphatic heterocycles. The van der Waals surface area contributed by atoms with Crippen LogP contribution in [0.2, 0.25) is 0 Å². The number of rotatable bonds is 6. The monoisotopic (exact) mass is 440 g/mol. The molecule has 0 fully saturated rings. The molecule has 0 saturated heterocycles. The van der Waals surface area contributed by atoms with Crippen molar-refractivity contribution >= 4 is 28.2 Å². The van der Waals surface area contributed by atoms with Crippen molar-refractivity contribution < 1.29 is 4.79 Å². The molecule has 0 spiro atoms. The first kappa shape index (κ1) is 20.0. The minimum absolute atomic E-state index is 0.108. The van der Waals surface area contributed by atoms with Gasteiger partial charge in [-0.15, -0.1) is 16.4 Å². The summed E-state index contributed by atoms with van der Waals surface area (Å²) < 4.78 is 1.58. The van der Waals surface area contributed by atoms with Crippen LogP contribution in [0, 0.1) is 6.92 Å². The third-order valence-electron chi connectivity index (χ3n) is 5.13. The van der Waals surface area contributed by atoms with Gasteiger partial charge < -0.3 is 0 Å². The van der Waals surface area contributed by atoms with Gasteiger partial charge in [-0.1, -0.05) is 60.7 Å². The molecule has 32 heavy (non-hydrogen) atoms. The Labute approximate surface area is 189 Å². The van der Waals surface area contributed by atoms with E-state index >= 15 is 0 Å². The van der Waals surface area contributed by atoms with Gasteiger partial charge >= 0.3 is 0 Å². The van der Waals surface area contributed by atoms with Gasteiger partial charge in [0.25, 0.3) is 11.7 Å². The number of thiazole rings is 1. The second-order valence-corrected chi connectivity index (χ2v) is 8.14. The topological polar surface area (TPSA) is 76.3 Å². The fourth-order valence-electron chi connectivity index (χ4n) is 3.42. The van der Waals surface area contributed by atoms with Gasteiger partial charge in [-0.3, -0.25) is 9.69 Å². The number of aromatic nitrogens is 5. The van der Waals surface area contributed by atoms with E-state index in [1.165, 1.54) is 11.3 Å². The number of hydrogen-bond acceptors (Lipinski definition) is 6. The van der Waals surface area contributed by atoms with Crippen molar-refractivity contribution in [3.8, 4) is 11.3 Å². The predicted molar refractivity (Wildman–Crippen MR) is 125 cm³/mol. The number of carbonyl (C=O) groups excluding carboxylic acids is 1. The summed E-state index contributed by atoms with van der Waals surface area (Å²) in [6, 6.07) is 21.8. The Balaban J connectivity index is 1.49. The number of anilines is 1. The molecule has 3 aromatic heterocycles. The molecule has 2 aromatic carbocycles. The molecule has 1 amide bonds. The number of hydrogen-bond donors (Lipinski definition) is 0. The molecule has 7 nitrogen and oxygen atoms in total. The normalized spacial score (nSPS) is 11.0. The molecule has 0 aliphatic rings. The van der Waals surface area contributed by atoms with Crippen LogP contribution in [0.5, 0.6) is 0 Å². The van der Waals surface area contributed by atoms with Crippen LogP contribution < -0.4 is 4.90 Å². The molecular formula is C24H20N6OS. The summed E-state index contributed by atoms with van der Waals surface area (Å²) in [5.74, 6) is 0.219. The first-order chi connectivity index (χ1) is 15.7. The fourth-order valence-corrected chi connectivity index (χ4v) is 4.28. The lowest BCUT2D eigenvalue weighted by Gasteiger charge is -2.18. The highest BCUT2D eigenvalue weighted by atomic mass is 32.1. The van der Waals surface area contributed by atoms with Gasteiger partial charge in [0.05, 0.1) is 5.69 Å². The van der Waals surface area contributed by atoms with Gasteiger partial charge in [0.15, 0.2) is 5.13 Å². The summed E-state index contributed by atoms with van der Waals surface area (Å²) in [6.07, 6.45) is 2.35. The standard InChI is InChI=1S/C24H20N6OS/c1-17-12-14-25-23-27-21(28-30(17)23)22(31)29(15-13-18-8-4-2-5-9-18)24-26-20(16-32-24)19-10-6-3-7-11-19/h2-12,14,16H,13,15H2,1H3. The van der Waals surface area contributed by atoms with Crippen molar-refractivity contribution in [3.05, 3.63) is 95.4 Å². The van der Waals surface area contributed by atoms with Crippen molar-refractivity contribution in [3.63, 3.8) is 0 Å². The quantitative estimate of drug-likeness (QED) is 0.390. The van der Waals surface area contributed by atoms with E-state index in [4.69, 9.17) is 4.98 Å². The van der Waals surface area contributed by atoms with E-state index in [0.717, 1.165) is 22.5 Å². The van der Waals surface area contributed by atoms with Crippen molar-refractivity contribution in [1.29, 1.82) is 0 Å². The Kier molecular flexibility index (Phi) is 5.43. The molecule has 0 bridgehead atoms. The molecular weight excluding hydrogens is 420 g/mol. The maximum Gasteiger partial charge on any atom is 0.299 e. The Morgan fingerprint density at radius 3 is 2.50 bits per heavy atom. The van der Waals surface area contributed by atoms with E-state index in [0.29, 0.717) is 23.9 Å². The van der Waals surface area contributed by atoms with Gasteiger partial charge in [-0.05, 0) is 25.0 Å². The van der Waals surface area contributed by atoms with Crippen LogP contribution in [0.1, 0.15) is 21.9 Å². The van der Waals surface area contributed by atoms with E-state index in [1.54, 1.807) is 15.6 Å². The number of benzene rings is 2. The molecule has 0 saturated carbocycles. The second kappa shape index (κ2) is 8.68. The first-order valence-corrected chi connectivity index (χ1v) is 11.1. The van der Waals surface area contributed by atoms with Crippen molar-refractivity contribution in [1.82, 2.24) is 24.6 Å². The zero-order valence-corrected chi connectivity index (χ0v) is 18.2. The number of carbonyl (C=O) groups is 1. The van der Waals surface area contributed by atoms with Crippen LogP contribution in [0.15, 0.2) is 78.3 Å². The zero-order valence-electron chi connectivity index (χ0n) is 17.4. The van der Waals surface area contributed by atoms with E-state index < -0.39 is 0 Å².